The third-order valence-corrected chi connectivity index (χ3v) is 2.68. The molecule has 0 saturated heterocycles. The number of benzene rings is 1. The largest absolute Gasteiger partial charge is 0.348 e. The van der Waals surface area contributed by atoms with Crippen LogP contribution in [0.4, 0.5) is 0 Å². The number of pyridine rings is 1. The van der Waals surface area contributed by atoms with Crippen molar-refractivity contribution < 1.29 is 4.79 Å². The number of amides is 1. The Morgan fingerprint density at radius 1 is 1.17 bits per heavy atom. The minimum atomic E-state index is -0.179. The van der Waals surface area contributed by atoms with Crippen molar-refractivity contribution in [3.05, 3.63) is 70.1 Å². The van der Waals surface area contributed by atoms with Crippen molar-refractivity contribution in [3.8, 4) is 0 Å². The molecule has 0 bridgehead atoms. The van der Waals surface area contributed by atoms with Crippen molar-refractivity contribution >= 4 is 5.91 Å². The lowest BCUT2D eigenvalue weighted by Crippen LogP contribution is -2.28. The molecule has 2 rings (SSSR count). The number of hydrogen-bond acceptors (Lipinski definition) is 2. The number of hydrogen-bond donors (Lipinski definition) is 1. The summed E-state index contributed by atoms with van der Waals surface area (Å²) in [5.41, 5.74) is 1.07. The molecule has 92 valence electrons. The Bertz CT molecular complexity index is 603. The molecule has 1 amide bonds. The highest BCUT2D eigenvalue weighted by Crippen LogP contribution is 1.98. The predicted octanol–water partition coefficient (Wildman–Crippen LogP) is 1.32. The van der Waals surface area contributed by atoms with Gasteiger partial charge in [0.15, 0.2) is 0 Å². The van der Waals surface area contributed by atoms with Crippen LogP contribution in [-0.2, 0) is 13.6 Å². The molecule has 2 aromatic rings. The van der Waals surface area contributed by atoms with Crippen LogP contribution in [0.15, 0.2) is 53.5 Å². The first-order valence-electron chi connectivity index (χ1n) is 5.66. The lowest BCUT2D eigenvalue weighted by molar-refractivity contribution is 0.0950. The maximum absolute atomic E-state index is 11.8. The first-order valence-corrected chi connectivity index (χ1v) is 5.66. The zero-order chi connectivity index (χ0) is 13.0. The van der Waals surface area contributed by atoms with Crippen molar-refractivity contribution in [2.24, 2.45) is 7.05 Å². The summed E-state index contributed by atoms with van der Waals surface area (Å²) in [6.07, 6.45) is 1.69. The van der Waals surface area contributed by atoms with Gasteiger partial charge in [0.25, 0.3) is 11.5 Å². The number of nitrogens with zero attached hydrogens (tertiary/aromatic N) is 1. The van der Waals surface area contributed by atoms with Crippen molar-refractivity contribution in [1.29, 1.82) is 0 Å². The van der Waals surface area contributed by atoms with Gasteiger partial charge >= 0.3 is 0 Å². The van der Waals surface area contributed by atoms with Gasteiger partial charge in [-0.1, -0.05) is 24.3 Å². The Balaban J connectivity index is 2.07. The summed E-state index contributed by atoms with van der Waals surface area (Å²) in [4.78, 5) is 23.5. The molecule has 4 nitrogen and oxygen atoms in total. The summed E-state index contributed by atoms with van der Waals surface area (Å²) in [6, 6.07) is 12.4. The standard InChI is InChI=1S/C14H14N2O2/c1-16-9-5-8-12(14(16)18)10-15-13(17)11-6-3-2-4-7-11/h2-9H,10H2,1H3,(H,15,17). The molecule has 0 spiro atoms. The van der Waals surface area contributed by atoms with Crippen LogP contribution < -0.4 is 10.9 Å². The molecule has 0 unspecified atom stereocenters. The first-order chi connectivity index (χ1) is 8.68. The quantitative estimate of drug-likeness (QED) is 0.882. The van der Waals surface area contributed by atoms with Gasteiger partial charge in [0.2, 0.25) is 0 Å². The molecule has 0 fully saturated rings. The van der Waals surface area contributed by atoms with Crippen LogP contribution >= 0.6 is 0 Å². The van der Waals surface area contributed by atoms with Gasteiger partial charge in [-0.3, -0.25) is 9.59 Å². The van der Waals surface area contributed by atoms with Crippen molar-refractivity contribution in [1.82, 2.24) is 9.88 Å². The number of carbonyl (C=O) groups excluding carboxylic acids is 1. The SMILES string of the molecule is Cn1cccc(CNC(=O)c2ccccc2)c1=O. The highest BCUT2D eigenvalue weighted by atomic mass is 16.1. The third-order valence-electron chi connectivity index (χ3n) is 2.68. The van der Waals surface area contributed by atoms with Crippen molar-refractivity contribution in [3.63, 3.8) is 0 Å². The van der Waals surface area contributed by atoms with E-state index in [1.165, 1.54) is 4.57 Å². The Kier molecular flexibility index (Phi) is 3.57. The first kappa shape index (κ1) is 12.1. The molecule has 1 N–H and O–H groups in total. The number of carbonyl (C=O) groups is 1. The van der Waals surface area contributed by atoms with Gasteiger partial charge in [-0.05, 0) is 18.2 Å². The van der Waals surface area contributed by atoms with E-state index in [9.17, 15) is 9.59 Å². The second-order valence-corrected chi connectivity index (χ2v) is 4.00. The molecule has 0 radical (unpaired) electrons. The molecule has 0 aliphatic heterocycles. The van der Waals surface area contributed by atoms with Gasteiger partial charge in [0.05, 0.1) is 0 Å². The number of rotatable bonds is 3. The van der Waals surface area contributed by atoms with E-state index < -0.39 is 0 Å². The maximum atomic E-state index is 11.8. The van der Waals surface area contributed by atoms with Crippen LogP contribution in [0.25, 0.3) is 0 Å². The third kappa shape index (κ3) is 2.66. The number of nitrogens with one attached hydrogen (secondary N) is 1. The van der Waals surface area contributed by atoms with E-state index in [0.717, 1.165) is 0 Å². The monoisotopic (exact) mass is 242 g/mol. The predicted molar refractivity (Wildman–Crippen MR) is 69.3 cm³/mol. The van der Waals surface area contributed by atoms with Crippen molar-refractivity contribution in [2.75, 3.05) is 0 Å². The fourth-order valence-electron chi connectivity index (χ4n) is 1.66. The molecule has 4 heteroatoms. The van der Waals surface area contributed by atoms with E-state index in [-0.39, 0.29) is 18.0 Å². The molecule has 1 aromatic carbocycles. The molecule has 18 heavy (non-hydrogen) atoms. The fraction of sp³-hybridized carbons (Fsp3) is 0.143. The van der Waals surface area contributed by atoms with Crippen LogP contribution in [0.2, 0.25) is 0 Å². The molecule has 1 heterocycles. The van der Waals surface area contributed by atoms with Crippen LogP contribution in [0.3, 0.4) is 0 Å². The lowest BCUT2D eigenvalue weighted by Gasteiger charge is -2.06. The smallest absolute Gasteiger partial charge is 0.255 e. The van der Waals surface area contributed by atoms with E-state index >= 15 is 0 Å². The van der Waals surface area contributed by atoms with Crippen LogP contribution in [0.5, 0.6) is 0 Å². The highest BCUT2D eigenvalue weighted by molar-refractivity contribution is 5.94. The fourth-order valence-corrected chi connectivity index (χ4v) is 1.66. The molecule has 1 aromatic heterocycles. The average molecular weight is 242 g/mol. The summed E-state index contributed by atoms with van der Waals surface area (Å²) in [6.45, 7) is 0.237. The Morgan fingerprint density at radius 2 is 1.89 bits per heavy atom. The molecule has 0 atom stereocenters. The topological polar surface area (TPSA) is 51.1 Å². The number of aromatic nitrogens is 1. The van der Waals surface area contributed by atoms with E-state index in [1.54, 1.807) is 49.6 Å². The number of aryl methyl sites for hydroxylation is 1. The second kappa shape index (κ2) is 5.31. The van der Waals surface area contributed by atoms with Gasteiger partial charge in [-0.25, -0.2) is 0 Å². The zero-order valence-corrected chi connectivity index (χ0v) is 10.1. The Morgan fingerprint density at radius 3 is 2.61 bits per heavy atom. The normalized spacial score (nSPS) is 10.1. The van der Waals surface area contributed by atoms with Crippen LogP contribution in [0, 0.1) is 0 Å². The molecular formula is C14H14N2O2. The second-order valence-electron chi connectivity index (χ2n) is 4.00. The Hall–Kier alpha value is -2.36. The van der Waals surface area contributed by atoms with Gasteiger partial charge in [-0.2, -0.15) is 0 Å². The molecule has 0 saturated carbocycles. The van der Waals surface area contributed by atoms with Gasteiger partial charge in [0.1, 0.15) is 0 Å². The van der Waals surface area contributed by atoms with Crippen molar-refractivity contribution in [2.45, 2.75) is 6.54 Å². The van der Waals surface area contributed by atoms with E-state index in [1.807, 2.05) is 6.07 Å². The van der Waals surface area contributed by atoms with Crippen LogP contribution in [0.1, 0.15) is 15.9 Å². The van der Waals surface area contributed by atoms with E-state index in [2.05, 4.69) is 5.32 Å². The summed E-state index contributed by atoms with van der Waals surface area (Å²) < 4.78 is 1.49. The van der Waals surface area contributed by atoms with Gasteiger partial charge in [-0.15, -0.1) is 0 Å². The summed E-state index contributed by atoms with van der Waals surface area (Å²) in [5, 5.41) is 2.73. The minimum Gasteiger partial charge on any atom is -0.348 e. The molecular weight excluding hydrogens is 228 g/mol. The lowest BCUT2D eigenvalue weighted by atomic mass is 10.2. The van der Waals surface area contributed by atoms with Gasteiger partial charge in [0, 0.05) is 30.9 Å². The van der Waals surface area contributed by atoms with E-state index in [4.69, 9.17) is 0 Å². The maximum Gasteiger partial charge on any atom is 0.255 e. The average Bonchev–Trinajstić information content (AvgIpc) is 2.41. The minimum absolute atomic E-state index is 0.0918. The highest BCUT2D eigenvalue weighted by Gasteiger charge is 2.06. The molecule has 0 aliphatic rings. The summed E-state index contributed by atoms with van der Waals surface area (Å²) in [7, 11) is 1.69. The van der Waals surface area contributed by atoms with Crippen LogP contribution in [-0.4, -0.2) is 10.5 Å². The molecule has 0 aliphatic carbocycles. The van der Waals surface area contributed by atoms with E-state index in [0.29, 0.717) is 11.1 Å². The Labute approximate surface area is 105 Å². The zero-order valence-electron chi connectivity index (χ0n) is 10.1. The summed E-state index contributed by atoms with van der Waals surface area (Å²) >= 11 is 0. The van der Waals surface area contributed by atoms with Gasteiger partial charge < -0.3 is 9.88 Å². The summed E-state index contributed by atoms with van der Waals surface area (Å²) in [5.74, 6) is -0.179.